The molecule has 0 aliphatic rings. The first-order valence-corrected chi connectivity index (χ1v) is 9.20. The molecule has 4 rings (SSSR count). The Morgan fingerprint density at radius 1 is 1.23 bits per heavy atom. The summed E-state index contributed by atoms with van der Waals surface area (Å²) in [5.74, 6) is 0.465. The summed E-state index contributed by atoms with van der Waals surface area (Å²) in [5, 5.41) is 6.27. The van der Waals surface area contributed by atoms with E-state index in [9.17, 15) is 4.79 Å². The molecule has 0 spiro atoms. The van der Waals surface area contributed by atoms with Crippen LogP contribution in [-0.4, -0.2) is 15.9 Å². The van der Waals surface area contributed by atoms with Crippen LogP contribution < -0.4 is 5.32 Å². The number of halogens is 1. The van der Waals surface area contributed by atoms with Gasteiger partial charge in [0.2, 0.25) is 5.91 Å². The predicted octanol–water partition coefficient (Wildman–Crippen LogP) is 5.09. The van der Waals surface area contributed by atoms with E-state index in [-0.39, 0.29) is 12.3 Å². The van der Waals surface area contributed by atoms with Crippen molar-refractivity contribution < 1.29 is 9.21 Å². The molecule has 2 heterocycles. The number of aromatic nitrogens is 2. The fraction of sp³-hybridized carbons (Fsp3) is 0.105. The number of thiazole rings is 1. The molecule has 7 heteroatoms. The van der Waals surface area contributed by atoms with E-state index in [0.29, 0.717) is 22.2 Å². The molecule has 0 unspecified atom stereocenters. The normalized spacial score (nSPS) is 11.0. The van der Waals surface area contributed by atoms with Crippen molar-refractivity contribution in [2.75, 3.05) is 5.32 Å². The molecule has 0 radical (unpaired) electrons. The molecule has 5 nitrogen and oxygen atoms in total. The van der Waals surface area contributed by atoms with E-state index in [0.717, 1.165) is 21.8 Å². The molecule has 2 aromatic carbocycles. The maximum absolute atomic E-state index is 12.3. The van der Waals surface area contributed by atoms with Crippen molar-refractivity contribution in [2.45, 2.75) is 13.3 Å². The number of oxazole rings is 1. The molecular formula is C19H14ClN3O2S. The van der Waals surface area contributed by atoms with Crippen LogP contribution in [0.2, 0.25) is 5.02 Å². The Hall–Kier alpha value is -2.70. The lowest BCUT2D eigenvalue weighted by Gasteiger charge is -2.03. The summed E-state index contributed by atoms with van der Waals surface area (Å²) < 4.78 is 5.43. The maximum Gasteiger partial charge on any atom is 0.230 e. The number of hydrogen-bond acceptors (Lipinski definition) is 5. The number of hydrogen-bond donors (Lipinski definition) is 1. The number of amides is 1. The fourth-order valence-corrected chi connectivity index (χ4v) is 3.64. The zero-order valence-corrected chi connectivity index (χ0v) is 15.4. The SMILES string of the molecule is Cc1nc2cc(NC(=O)Cc3csc(-c4cccc(Cl)c4)n3)ccc2o1. The first kappa shape index (κ1) is 16.8. The number of fused-ring (bicyclic) bond motifs is 1. The van der Waals surface area contributed by atoms with Gasteiger partial charge in [0, 0.05) is 28.6 Å². The average molecular weight is 384 g/mol. The minimum absolute atomic E-state index is 0.132. The van der Waals surface area contributed by atoms with E-state index in [2.05, 4.69) is 15.3 Å². The van der Waals surface area contributed by atoms with Crippen LogP contribution in [0.4, 0.5) is 5.69 Å². The van der Waals surface area contributed by atoms with Gasteiger partial charge in [0.05, 0.1) is 12.1 Å². The number of rotatable bonds is 4. The molecule has 1 N–H and O–H groups in total. The number of carbonyl (C=O) groups excluding carboxylic acids is 1. The van der Waals surface area contributed by atoms with Gasteiger partial charge in [0.15, 0.2) is 11.5 Å². The Morgan fingerprint density at radius 2 is 2.12 bits per heavy atom. The summed E-state index contributed by atoms with van der Waals surface area (Å²) in [6.07, 6.45) is 0.201. The van der Waals surface area contributed by atoms with Crippen LogP contribution in [0.15, 0.2) is 52.3 Å². The van der Waals surface area contributed by atoms with Crippen molar-refractivity contribution in [1.29, 1.82) is 0 Å². The first-order chi connectivity index (χ1) is 12.6. The van der Waals surface area contributed by atoms with Gasteiger partial charge < -0.3 is 9.73 Å². The second-order valence-electron chi connectivity index (χ2n) is 5.79. The van der Waals surface area contributed by atoms with Crippen molar-refractivity contribution in [3.8, 4) is 10.6 Å². The highest BCUT2D eigenvalue weighted by molar-refractivity contribution is 7.13. The van der Waals surface area contributed by atoms with Crippen molar-refractivity contribution in [3.63, 3.8) is 0 Å². The van der Waals surface area contributed by atoms with Gasteiger partial charge in [-0.25, -0.2) is 9.97 Å². The van der Waals surface area contributed by atoms with Crippen LogP contribution in [0.1, 0.15) is 11.6 Å². The molecular weight excluding hydrogens is 370 g/mol. The smallest absolute Gasteiger partial charge is 0.230 e. The molecule has 4 aromatic rings. The monoisotopic (exact) mass is 383 g/mol. The van der Waals surface area contributed by atoms with Crippen molar-refractivity contribution in [2.24, 2.45) is 0 Å². The number of nitrogens with one attached hydrogen (secondary N) is 1. The summed E-state index contributed by atoms with van der Waals surface area (Å²) in [6.45, 7) is 1.79. The van der Waals surface area contributed by atoms with E-state index in [4.69, 9.17) is 16.0 Å². The number of nitrogens with zero attached hydrogens (tertiary/aromatic N) is 2. The number of carbonyl (C=O) groups is 1. The largest absolute Gasteiger partial charge is 0.441 e. The predicted molar refractivity (Wildman–Crippen MR) is 104 cm³/mol. The molecule has 0 aliphatic heterocycles. The van der Waals surface area contributed by atoms with Crippen molar-refractivity contribution in [1.82, 2.24) is 9.97 Å². The highest BCUT2D eigenvalue weighted by Crippen LogP contribution is 2.26. The highest BCUT2D eigenvalue weighted by atomic mass is 35.5. The van der Waals surface area contributed by atoms with Crippen molar-refractivity contribution >= 4 is 45.6 Å². The van der Waals surface area contributed by atoms with Gasteiger partial charge in [0.1, 0.15) is 10.5 Å². The molecule has 0 saturated carbocycles. The summed E-state index contributed by atoms with van der Waals surface area (Å²) in [4.78, 5) is 21.1. The Bertz CT molecular complexity index is 1100. The van der Waals surface area contributed by atoms with Gasteiger partial charge in [0.25, 0.3) is 0 Å². The molecule has 130 valence electrons. The maximum atomic E-state index is 12.3. The molecule has 0 fully saturated rings. The van der Waals surface area contributed by atoms with Gasteiger partial charge in [-0.05, 0) is 30.3 Å². The second-order valence-corrected chi connectivity index (χ2v) is 7.09. The average Bonchev–Trinajstić information content (AvgIpc) is 3.20. The third-order valence-electron chi connectivity index (χ3n) is 3.74. The Labute approximate surface area is 158 Å². The van der Waals surface area contributed by atoms with E-state index >= 15 is 0 Å². The van der Waals surface area contributed by atoms with Gasteiger partial charge in [-0.2, -0.15) is 0 Å². The zero-order valence-electron chi connectivity index (χ0n) is 13.8. The molecule has 2 aromatic heterocycles. The van der Waals surface area contributed by atoms with Crippen LogP contribution in [0.25, 0.3) is 21.7 Å². The van der Waals surface area contributed by atoms with Gasteiger partial charge in [-0.15, -0.1) is 11.3 Å². The summed E-state index contributed by atoms with van der Waals surface area (Å²) in [6, 6.07) is 12.9. The van der Waals surface area contributed by atoms with Crippen LogP contribution >= 0.6 is 22.9 Å². The minimum atomic E-state index is -0.132. The van der Waals surface area contributed by atoms with E-state index < -0.39 is 0 Å². The fourth-order valence-electron chi connectivity index (χ4n) is 2.63. The number of benzene rings is 2. The highest BCUT2D eigenvalue weighted by Gasteiger charge is 2.11. The lowest BCUT2D eigenvalue weighted by Crippen LogP contribution is -2.14. The third-order valence-corrected chi connectivity index (χ3v) is 4.92. The van der Waals surface area contributed by atoms with Crippen LogP contribution in [-0.2, 0) is 11.2 Å². The standard InChI is InChI=1S/C19H14ClN3O2S/c1-11-21-16-8-14(5-6-17(16)25-11)22-18(24)9-15-10-26-19(23-15)12-3-2-4-13(20)7-12/h2-8,10H,9H2,1H3,(H,22,24). The Kier molecular flexibility index (Phi) is 4.44. The zero-order chi connectivity index (χ0) is 18.1. The van der Waals surface area contributed by atoms with E-state index in [1.54, 1.807) is 25.1 Å². The van der Waals surface area contributed by atoms with Crippen LogP contribution in [0, 0.1) is 6.92 Å². The van der Waals surface area contributed by atoms with E-state index in [1.807, 2.05) is 29.6 Å². The van der Waals surface area contributed by atoms with E-state index in [1.165, 1.54) is 11.3 Å². The van der Waals surface area contributed by atoms with Crippen LogP contribution in [0.5, 0.6) is 0 Å². The number of anilines is 1. The lowest BCUT2D eigenvalue weighted by atomic mass is 10.2. The second kappa shape index (κ2) is 6.90. The lowest BCUT2D eigenvalue weighted by molar-refractivity contribution is -0.115. The first-order valence-electron chi connectivity index (χ1n) is 7.94. The Balaban J connectivity index is 1.46. The molecule has 0 saturated heterocycles. The summed E-state index contributed by atoms with van der Waals surface area (Å²) in [5.41, 5.74) is 3.77. The van der Waals surface area contributed by atoms with Gasteiger partial charge >= 0.3 is 0 Å². The molecule has 1 amide bonds. The topological polar surface area (TPSA) is 68.0 Å². The third kappa shape index (κ3) is 3.61. The minimum Gasteiger partial charge on any atom is -0.441 e. The number of aryl methyl sites for hydroxylation is 1. The van der Waals surface area contributed by atoms with Crippen LogP contribution in [0.3, 0.4) is 0 Å². The summed E-state index contributed by atoms with van der Waals surface area (Å²) >= 11 is 7.51. The Morgan fingerprint density at radius 3 is 2.96 bits per heavy atom. The molecule has 0 bridgehead atoms. The molecule has 0 aliphatic carbocycles. The molecule has 26 heavy (non-hydrogen) atoms. The molecule has 0 atom stereocenters. The quantitative estimate of drug-likeness (QED) is 0.532. The van der Waals surface area contributed by atoms with Gasteiger partial charge in [-0.3, -0.25) is 4.79 Å². The van der Waals surface area contributed by atoms with Gasteiger partial charge in [-0.1, -0.05) is 23.7 Å². The summed E-state index contributed by atoms with van der Waals surface area (Å²) in [7, 11) is 0. The van der Waals surface area contributed by atoms with Crippen molar-refractivity contribution in [3.05, 3.63) is 64.5 Å².